The minimum Gasteiger partial charge on any atom is -0.306 e. The molecule has 0 aliphatic heterocycles. The van der Waals surface area contributed by atoms with Crippen LogP contribution >= 0.6 is 0 Å². The quantitative estimate of drug-likeness (QED) is 0.385. The molecule has 0 bridgehead atoms. The topological polar surface area (TPSA) is 64.0 Å². The molecule has 5 nitrogen and oxygen atoms in total. The highest BCUT2D eigenvalue weighted by Gasteiger charge is 2.27. The molecule has 1 amide bonds. The van der Waals surface area contributed by atoms with E-state index in [1.807, 2.05) is 0 Å². The smallest absolute Gasteiger partial charge is 0.283 e. The second-order valence-electron chi connectivity index (χ2n) is 5.58. The van der Waals surface area contributed by atoms with Crippen LogP contribution < -0.4 is 5.32 Å². The van der Waals surface area contributed by atoms with E-state index in [0.717, 1.165) is 12.3 Å². The fourth-order valence-electron chi connectivity index (χ4n) is 2.32. The lowest BCUT2D eigenvalue weighted by atomic mass is 10.1. The van der Waals surface area contributed by atoms with Gasteiger partial charge in [-0.2, -0.15) is 9.78 Å². The molecule has 1 N–H and O–H groups in total. The highest BCUT2D eigenvalue weighted by molar-refractivity contribution is 6.06. The lowest BCUT2D eigenvalue weighted by molar-refractivity contribution is 0.0941. The molecule has 3 rings (SSSR count). The van der Waals surface area contributed by atoms with E-state index in [0.29, 0.717) is 0 Å². The molecule has 13 heteroatoms. The molecule has 0 radical (unpaired) electrons. The van der Waals surface area contributed by atoms with Crippen molar-refractivity contribution >= 4 is 17.6 Å². The first-order chi connectivity index (χ1) is 14.0. The van der Waals surface area contributed by atoms with Crippen molar-refractivity contribution < 1.29 is 44.7 Å². The molecule has 0 spiro atoms. The zero-order valence-electron chi connectivity index (χ0n) is 14.0. The third kappa shape index (κ3) is 3.38. The van der Waals surface area contributed by atoms with E-state index in [-0.39, 0.29) is 16.8 Å². The summed E-state index contributed by atoms with van der Waals surface area (Å²) in [7, 11) is 0. The van der Waals surface area contributed by atoms with Gasteiger partial charge in [0.2, 0.25) is 0 Å². The maximum atomic E-state index is 13.8. The molecule has 0 aliphatic rings. The van der Waals surface area contributed by atoms with Gasteiger partial charge in [0.05, 0.1) is 17.3 Å². The highest BCUT2D eigenvalue weighted by Crippen LogP contribution is 2.22. The lowest BCUT2D eigenvalue weighted by Crippen LogP contribution is -2.23. The van der Waals surface area contributed by atoms with Gasteiger partial charge < -0.3 is 5.32 Å². The van der Waals surface area contributed by atoms with Gasteiger partial charge in [0.25, 0.3) is 11.8 Å². The lowest BCUT2D eigenvalue weighted by Gasteiger charge is -2.10. The van der Waals surface area contributed by atoms with Crippen molar-refractivity contribution in [2.45, 2.75) is 0 Å². The van der Waals surface area contributed by atoms with E-state index >= 15 is 0 Å². The number of aromatic nitrogens is 2. The van der Waals surface area contributed by atoms with E-state index in [1.165, 1.54) is 0 Å². The van der Waals surface area contributed by atoms with Gasteiger partial charge >= 0.3 is 0 Å². The Hall–Kier alpha value is -3.77. The highest BCUT2D eigenvalue weighted by atomic mass is 19.2. The van der Waals surface area contributed by atoms with Crippen LogP contribution in [-0.2, 0) is 0 Å². The normalized spacial score (nSPS) is 10.9. The molecule has 0 saturated carbocycles. The summed E-state index contributed by atoms with van der Waals surface area (Å²) in [6, 6.07) is 0.946. The largest absolute Gasteiger partial charge is 0.306 e. The number of hydrogen-bond acceptors (Lipinski definition) is 3. The van der Waals surface area contributed by atoms with Crippen LogP contribution in [-0.4, -0.2) is 21.6 Å². The maximum Gasteiger partial charge on any atom is 0.283 e. The van der Waals surface area contributed by atoms with E-state index in [9.17, 15) is 44.7 Å². The number of nitrogens with zero attached hydrogens (tertiary/aromatic N) is 2. The molecule has 0 saturated heterocycles. The standard InChI is InChI=1S/C17H5F8N3O2/c18-7-3-5(10(20)14(24)12(7)22)16(29)27-9-1-2-26-28(9)17(30)6-4-8(19)13(23)15(25)11(6)21/h1-4H,(H,27,29). The predicted octanol–water partition coefficient (Wildman–Crippen LogP) is 3.94. The average molecular weight is 435 g/mol. The number of anilines is 1. The van der Waals surface area contributed by atoms with Crippen LogP contribution in [0.3, 0.4) is 0 Å². The average Bonchev–Trinajstić information content (AvgIpc) is 3.17. The molecule has 3 aromatic rings. The molecule has 0 unspecified atom stereocenters. The van der Waals surface area contributed by atoms with E-state index < -0.39 is 75.3 Å². The molecule has 0 aliphatic carbocycles. The maximum absolute atomic E-state index is 13.8. The first-order valence-electron chi connectivity index (χ1n) is 7.60. The van der Waals surface area contributed by atoms with Gasteiger partial charge in [-0.3, -0.25) is 9.59 Å². The Kier molecular flexibility index (Phi) is 5.29. The van der Waals surface area contributed by atoms with Crippen LogP contribution in [0, 0.1) is 46.5 Å². The Balaban J connectivity index is 1.98. The molecule has 30 heavy (non-hydrogen) atoms. The number of hydrogen-bond donors (Lipinski definition) is 1. The van der Waals surface area contributed by atoms with Crippen molar-refractivity contribution in [3.8, 4) is 0 Å². The van der Waals surface area contributed by atoms with E-state index in [2.05, 4.69) is 5.10 Å². The third-order valence-corrected chi connectivity index (χ3v) is 3.76. The summed E-state index contributed by atoms with van der Waals surface area (Å²) in [5, 5.41) is 5.17. The summed E-state index contributed by atoms with van der Waals surface area (Å²) in [6.07, 6.45) is 0.837. The van der Waals surface area contributed by atoms with Gasteiger partial charge in [-0.1, -0.05) is 0 Å². The van der Waals surface area contributed by atoms with Gasteiger partial charge in [-0.05, 0) is 12.1 Å². The summed E-state index contributed by atoms with van der Waals surface area (Å²) >= 11 is 0. The number of rotatable bonds is 3. The molecular weight excluding hydrogens is 430 g/mol. The summed E-state index contributed by atoms with van der Waals surface area (Å²) in [5.74, 6) is -20.6. The SMILES string of the molecule is O=C(Nc1ccnn1C(=O)c1cc(F)c(F)c(F)c1F)c1cc(F)c(F)c(F)c1F. The summed E-state index contributed by atoms with van der Waals surface area (Å²) in [4.78, 5) is 24.4. The molecule has 1 aromatic heterocycles. The van der Waals surface area contributed by atoms with Crippen molar-refractivity contribution in [3.05, 3.63) is 82.1 Å². The van der Waals surface area contributed by atoms with Gasteiger partial charge in [0.1, 0.15) is 5.82 Å². The Morgan fingerprint density at radius 2 is 1.23 bits per heavy atom. The van der Waals surface area contributed by atoms with Crippen LogP contribution in [0.4, 0.5) is 40.9 Å². The molecule has 156 valence electrons. The Morgan fingerprint density at radius 1 is 0.733 bits per heavy atom. The van der Waals surface area contributed by atoms with Gasteiger partial charge in [-0.25, -0.2) is 35.1 Å². The number of carbonyl (C=O) groups excluding carboxylic acids is 2. The Labute approximate surface area is 160 Å². The van der Waals surface area contributed by atoms with Crippen LogP contribution in [0.5, 0.6) is 0 Å². The Morgan fingerprint density at radius 3 is 1.80 bits per heavy atom. The zero-order valence-corrected chi connectivity index (χ0v) is 14.0. The van der Waals surface area contributed by atoms with Crippen molar-refractivity contribution in [2.24, 2.45) is 0 Å². The van der Waals surface area contributed by atoms with Crippen LogP contribution in [0.2, 0.25) is 0 Å². The first kappa shape index (κ1) is 21.0. The fourth-order valence-corrected chi connectivity index (χ4v) is 2.32. The second-order valence-corrected chi connectivity index (χ2v) is 5.58. The second kappa shape index (κ2) is 7.57. The van der Waals surface area contributed by atoms with Crippen LogP contribution in [0.15, 0.2) is 24.4 Å². The van der Waals surface area contributed by atoms with Crippen molar-refractivity contribution in [2.75, 3.05) is 5.32 Å². The number of carbonyl (C=O) groups is 2. The minimum atomic E-state index is -2.28. The number of nitrogens with one attached hydrogen (secondary N) is 1. The summed E-state index contributed by atoms with van der Waals surface area (Å²) in [5.41, 5.74) is -2.60. The van der Waals surface area contributed by atoms with Gasteiger partial charge in [-0.15, -0.1) is 0 Å². The molecule has 1 heterocycles. The number of halogens is 8. The van der Waals surface area contributed by atoms with Crippen molar-refractivity contribution in [1.29, 1.82) is 0 Å². The van der Waals surface area contributed by atoms with Crippen molar-refractivity contribution in [1.82, 2.24) is 9.78 Å². The first-order valence-corrected chi connectivity index (χ1v) is 7.60. The molecular formula is C17H5F8N3O2. The van der Waals surface area contributed by atoms with Crippen LogP contribution in [0.25, 0.3) is 0 Å². The van der Waals surface area contributed by atoms with E-state index in [4.69, 9.17) is 0 Å². The van der Waals surface area contributed by atoms with E-state index in [1.54, 1.807) is 5.32 Å². The number of amides is 1. The van der Waals surface area contributed by atoms with Gasteiger partial charge in [0.15, 0.2) is 46.5 Å². The summed E-state index contributed by atoms with van der Waals surface area (Å²) in [6.45, 7) is 0. The van der Waals surface area contributed by atoms with Gasteiger partial charge in [0, 0.05) is 6.07 Å². The van der Waals surface area contributed by atoms with Crippen LogP contribution in [0.1, 0.15) is 20.7 Å². The Bertz CT molecular complexity index is 1210. The molecule has 0 fully saturated rings. The molecule has 0 atom stereocenters. The predicted molar refractivity (Wildman–Crippen MR) is 82.5 cm³/mol. The fraction of sp³-hybridized carbons (Fsp3) is 0. The third-order valence-electron chi connectivity index (χ3n) is 3.76. The number of benzene rings is 2. The zero-order chi connectivity index (χ0) is 22.3. The minimum absolute atomic E-state index is 0.0355. The molecule has 2 aromatic carbocycles. The van der Waals surface area contributed by atoms with Crippen molar-refractivity contribution in [3.63, 3.8) is 0 Å². The summed E-state index contributed by atoms with van der Waals surface area (Å²) < 4.78 is 107. The monoisotopic (exact) mass is 435 g/mol.